The fourth-order valence-electron chi connectivity index (χ4n) is 4.90. The molecule has 1 aliphatic carbocycles. The number of amides is 1. The molecule has 0 unspecified atom stereocenters. The van der Waals surface area contributed by atoms with E-state index in [0.29, 0.717) is 18.6 Å². The third-order valence-electron chi connectivity index (χ3n) is 6.21. The van der Waals surface area contributed by atoms with Crippen LogP contribution in [0, 0.1) is 5.41 Å². The first-order valence-electron chi connectivity index (χ1n) is 9.58. The van der Waals surface area contributed by atoms with E-state index >= 15 is 0 Å². The molecule has 3 heterocycles. The lowest BCUT2D eigenvalue weighted by Crippen LogP contribution is -2.53. The molecule has 0 radical (unpaired) electrons. The summed E-state index contributed by atoms with van der Waals surface area (Å²) in [5, 5.41) is 0. The predicted octanol–water partition coefficient (Wildman–Crippen LogP) is 2.38. The summed E-state index contributed by atoms with van der Waals surface area (Å²) in [4.78, 5) is 26.5. The summed E-state index contributed by atoms with van der Waals surface area (Å²) >= 11 is 0. The minimum atomic E-state index is -0.201. The molecular weight excluding hydrogens is 316 g/mol. The maximum absolute atomic E-state index is 13.3. The fourth-order valence-corrected chi connectivity index (χ4v) is 4.90. The lowest BCUT2D eigenvalue weighted by atomic mass is 9.77. The summed E-state index contributed by atoms with van der Waals surface area (Å²) in [6.45, 7) is 3.13. The van der Waals surface area contributed by atoms with Crippen molar-refractivity contribution in [2.24, 2.45) is 5.41 Å². The van der Waals surface area contributed by atoms with Crippen molar-refractivity contribution in [3.8, 4) is 0 Å². The molecule has 1 saturated carbocycles. The van der Waals surface area contributed by atoms with E-state index in [2.05, 4.69) is 19.8 Å². The summed E-state index contributed by atoms with van der Waals surface area (Å²) < 4.78 is 5.17. The Labute approximate surface area is 149 Å². The van der Waals surface area contributed by atoms with Crippen LogP contribution in [0.2, 0.25) is 0 Å². The molecule has 25 heavy (non-hydrogen) atoms. The van der Waals surface area contributed by atoms with E-state index in [0.717, 1.165) is 50.4 Å². The Morgan fingerprint density at radius 1 is 1.20 bits per heavy atom. The monoisotopic (exact) mass is 344 g/mol. The third kappa shape index (κ3) is 3.12. The summed E-state index contributed by atoms with van der Waals surface area (Å²) in [6, 6.07) is 2.48. The molecular formula is C19H28N4O2. The van der Waals surface area contributed by atoms with Crippen molar-refractivity contribution in [1.82, 2.24) is 14.9 Å². The van der Waals surface area contributed by atoms with Gasteiger partial charge in [0.2, 0.25) is 5.91 Å². The molecule has 6 nitrogen and oxygen atoms in total. The van der Waals surface area contributed by atoms with Crippen LogP contribution >= 0.6 is 0 Å². The molecule has 6 heteroatoms. The standard InChI is InChI=1S/C19H28N4O2/c1-25-12-15-11-17(21-14-20-15)22-10-8-19(13-22)7-4-9-23(18(19)24)16-5-2-3-6-16/h11,14,16H,2-10,12-13H2,1H3/t19-/m0/s1. The summed E-state index contributed by atoms with van der Waals surface area (Å²) in [5.74, 6) is 1.32. The van der Waals surface area contributed by atoms with E-state index in [-0.39, 0.29) is 5.41 Å². The molecule has 3 fully saturated rings. The number of carbonyl (C=O) groups is 1. The lowest BCUT2D eigenvalue weighted by Gasteiger charge is -2.42. The lowest BCUT2D eigenvalue weighted by molar-refractivity contribution is -0.147. The highest BCUT2D eigenvalue weighted by atomic mass is 16.5. The van der Waals surface area contributed by atoms with Gasteiger partial charge in [0.15, 0.2) is 0 Å². The molecule has 136 valence electrons. The molecule has 1 aromatic rings. The number of methoxy groups -OCH3 is 1. The van der Waals surface area contributed by atoms with Crippen molar-refractivity contribution in [3.05, 3.63) is 18.1 Å². The van der Waals surface area contributed by atoms with Gasteiger partial charge in [0, 0.05) is 38.9 Å². The van der Waals surface area contributed by atoms with Crippen molar-refractivity contribution < 1.29 is 9.53 Å². The van der Waals surface area contributed by atoms with Crippen LogP contribution in [0.5, 0.6) is 0 Å². The van der Waals surface area contributed by atoms with Crippen LogP contribution in [-0.4, -0.2) is 53.6 Å². The van der Waals surface area contributed by atoms with Crippen molar-refractivity contribution >= 4 is 11.7 Å². The molecule has 2 saturated heterocycles. The minimum absolute atomic E-state index is 0.201. The Morgan fingerprint density at radius 2 is 2.04 bits per heavy atom. The van der Waals surface area contributed by atoms with Gasteiger partial charge in [0.05, 0.1) is 17.7 Å². The quantitative estimate of drug-likeness (QED) is 0.839. The van der Waals surface area contributed by atoms with E-state index in [1.807, 2.05) is 6.07 Å². The Balaban J connectivity index is 1.50. The second-order valence-corrected chi connectivity index (χ2v) is 7.79. The van der Waals surface area contributed by atoms with E-state index in [4.69, 9.17) is 4.74 Å². The van der Waals surface area contributed by atoms with Crippen LogP contribution in [0.3, 0.4) is 0 Å². The third-order valence-corrected chi connectivity index (χ3v) is 6.21. The normalized spacial score (nSPS) is 27.6. The van der Waals surface area contributed by atoms with Gasteiger partial charge in [-0.15, -0.1) is 0 Å². The van der Waals surface area contributed by atoms with E-state index in [1.54, 1.807) is 13.4 Å². The van der Waals surface area contributed by atoms with Crippen molar-refractivity contribution in [2.45, 2.75) is 57.6 Å². The first kappa shape index (κ1) is 16.8. The smallest absolute Gasteiger partial charge is 0.230 e. The Morgan fingerprint density at radius 3 is 2.84 bits per heavy atom. The average molecular weight is 344 g/mol. The first-order chi connectivity index (χ1) is 12.2. The molecule has 0 bridgehead atoms. The summed E-state index contributed by atoms with van der Waals surface area (Å²) in [5.41, 5.74) is 0.684. The van der Waals surface area contributed by atoms with Crippen molar-refractivity contribution in [1.29, 1.82) is 0 Å². The molecule has 3 aliphatic rings. The average Bonchev–Trinajstić information content (AvgIpc) is 3.29. The molecule has 0 aromatic carbocycles. The number of carbonyl (C=O) groups excluding carboxylic acids is 1. The zero-order chi connectivity index (χ0) is 17.3. The number of hydrogen-bond acceptors (Lipinski definition) is 5. The van der Waals surface area contributed by atoms with Crippen LogP contribution in [0.1, 0.15) is 50.6 Å². The van der Waals surface area contributed by atoms with Crippen molar-refractivity contribution in [2.75, 3.05) is 31.6 Å². The van der Waals surface area contributed by atoms with E-state index in [9.17, 15) is 4.79 Å². The number of hydrogen-bond donors (Lipinski definition) is 0. The Kier molecular flexibility index (Phi) is 4.63. The second-order valence-electron chi connectivity index (χ2n) is 7.79. The summed E-state index contributed by atoms with van der Waals surface area (Å²) in [6.07, 6.45) is 9.63. The second kappa shape index (κ2) is 6.90. The maximum atomic E-state index is 13.3. The van der Waals surface area contributed by atoms with Crippen molar-refractivity contribution in [3.63, 3.8) is 0 Å². The highest BCUT2D eigenvalue weighted by molar-refractivity contribution is 5.85. The number of ether oxygens (including phenoxy) is 1. The van der Waals surface area contributed by atoms with Gasteiger partial charge in [0.1, 0.15) is 12.1 Å². The van der Waals surface area contributed by atoms with Crippen LogP contribution < -0.4 is 4.90 Å². The molecule has 2 aliphatic heterocycles. The maximum Gasteiger partial charge on any atom is 0.230 e. The zero-order valence-electron chi connectivity index (χ0n) is 15.1. The SMILES string of the molecule is COCc1cc(N2CC[C@@]3(CCCN(C4CCCC4)C3=O)C2)ncn1. The van der Waals surface area contributed by atoms with Crippen LogP contribution in [0.4, 0.5) is 5.82 Å². The van der Waals surface area contributed by atoms with Crippen LogP contribution in [-0.2, 0) is 16.1 Å². The molecule has 1 aromatic heterocycles. The highest BCUT2D eigenvalue weighted by Gasteiger charge is 2.50. The van der Waals surface area contributed by atoms with Gasteiger partial charge in [0.25, 0.3) is 0 Å². The van der Waals surface area contributed by atoms with Gasteiger partial charge in [-0.3, -0.25) is 4.79 Å². The largest absolute Gasteiger partial charge is 0.378 e. The van der Waals surface area contributed by atoms with Crippen LogP contribution in [0.25, 0.3) is 0 Å². The number of rotatable bonds is 4. The number of likely N-dealkylation sites (tertiary alicyclic amines) is 1. The number of anilines is 1. The molecule has 4 rings (SSSR count). The molecule has 1 atom stereocenters. The molecule has 1 amide bonds. The van der Waals surface area contributed by atoms with E-state index in [1.165, 1.54) is 25.7 Å². The fraction of sp³-hybridized carbons (Fsp3) is 0.737. The van der Waals surface area contributed by atoms with Crippen LogP contribution in [0.15, 0.2) is 12.4 Å². The van der Waals surface area contributed by atoms with Gasteiger partial charge in [-0.05, 0) is 32.1 Å². The molecule has 1 spiro atoms. The molecule has 0 N–H and O–H groups in total. The van der Waals surface area contributed by atoms with Gasteiger partial charge in [-0.2, -0.15) is 0 Å². The zero-order valence-corrected chi connectivity index (χ0v) is 15.1. The topological polar surface area (TPSA) is 58.6 Å². The van der Waals surface area contributed by atoms with Gasteiger partial charge >= 0.3 is 0 Å². The van der Waals surface area contributed by atoms with Gasteiger partial charge in [-0.25, -0.2) is 9.97 Å². The number of piperidine rings is 1. The summed E-state index contributed by atoms with van der Waals surface area (Å²) in [7, 11) is 1.67. The number of aromatic nitrogens is 2. The van der Waals surface area contributed by atoms with Gasteiger partial charge in [-0.1, -0.05) is 12.8 Å². The predicted molar refractivity (Wildman–Crippen MR) is 95.2 cm³/mol. The Bertz CT molecular complexity index is 632. The van der Waals surface area contributed by atoms with E-state index < -0.39 is 0 Å². The Hall–Kier alpha value is -1.69. The minimum Gasteiger partial charge on any atom is -0.378 e. The van der Waals surface area contributed by atoms with Gasteiger partial charge < -0.3 is 14.5 Å². The highest BCUT2D eigenvalue weighted by Crippen LogP contribution is 2.43. The number of nitrogens with zero attached hydrogens (tertiary/aromatic N) is 4. The first-order valence-corrected chi connectivity index (χ1v) is 9.58.